The zero-order valence-corrected chi connectivity index (χ0v) is 9.36. The lowest BCUT2D eigenvalue weighted by molar-refractivity contribution is -0.316. The lowest BCUT2D eigenvalue weighted by Crippen LogP contribution is -2.32. The first-order valence-corrected chi connectivity index (χ1v) is 5.08. The number of esters is 1. The number of hydrogen-bond acceptors (Lipinski definition) is 4. The predicted octanol–water partition coefficient (Wildman–Crippen LogP) is 1.08. The molecule has 1 atom stereocenters. The molecule has 0 saturated carbocycles. The van der Waals surface area contributed by atoms with Crippen molar-refractivity contribution in [3.05, 3.63) is 34.9 Å². The molecule has 0 bridgehead atoms. The van der Waals surface area contributed by atoms with Gasteiger partial charge in [-0.1, -0.05) is 30.7 Å². The third kappa shape index (κ3) is 3.24. The molecule has 0 aliphatic rings. The molecule has 4 nitrogen and oxygen atoms in total. The normalized spacial score (nSPS) is 11.9. The van der Waals surface area contributed by atoms with Gasteiger partial charge in [-0.2, -0.15) is 0 Å². The number of carboxylic acid groups (broad SMARTS) is 1. The van der Waals surface area contributed by atoms with Gasteiger partial charge in [0.2, 0.25) is 0 Å². The molecule has 0 N–H and O–H groups in total. The largest absolute Gasteiger partial charge is 0.546 e. The molecule has 1 aromatic rings. The van der Waals surface area contributed by atoms with E-state index >= 15 is 0 Å². The Balaban J connectivity index is 2.89. The van der Waals surface area contributed by atoms with Crippen LogP contribution in [0.4, 0.5) is 0 Å². The van der Waals surface area contributed by atoms with Crippen molar-refractivity contribution in [2.45, 2.75) is 19.4 Å². The molecular formula is C11H10ClO4-. The fraction of sp³-hybridized carbons (Fsp3) is 0.273. The summed E-state index contributed by atoms with van der Waals surface area (Å²) in [5.74, 6) is -2.05. The number of carbonyl (C=O) groups excluding carboxylic acids is 2. The Morgan fingerprint density at radius 3 is 2.38 bits per heavy atom. The molecule has 0 spiro atoms. The van der Waals surface area contributed by atoms with E-state index in [1.165, 1.54) is 24.3 Å². The molecule has 0 aliphatic heterocycles. The third-order valence-corrected chi connectivity index (χ3v) is 2.18. The van der Waals surface area contributed by atoms with Gasteiger partial charge in [0.05, 0.1) is 5.97 Å². The van der Waals surface area contributed by atoms with Gasteiger partial charge in [0.25, 0.3) is 0 Å². The Hall–Kier alpha value is -1.55. The van der Waals surface area contributed by atoms with Crippen molar-refractivity contribution in [1.29, 1.82) is 0 Å². The van der Waals surface area contributed by atoms with Gasteiger partial charge in [-0.05, 0) is 17.7 Å². The van der Waals surface area contributed by atoms with E-state index in [1.807, 2.05) is 0 Å². The Kier molecular flexibility index (Phi) is 4.31. The van der Waals surface area contributed by atoms with E-state index in [0.717, 1.165) is 0 Å². The molecule has 5 heteroatoms. The number of ether oxygens (including phenoxy) is 1. The molecule has 0 heterocycles. The summed E-state index contributed by atoms with van der Waals surface area (Å²) in [7, 11) is 0. The van der Waals surface area contributed by atoms with Crippen LogP contribution in [0, 0.1) is 0 Å². The van der Waals surface area contributed by atoms with Crippen LogP contribution < -0.4 is 5.11 Å². The summed E-state index contributed by atoms with van der Waals surface area (Å²) >= 11 is 5.66. The van der Waals surface area contributed by atoms with E-state index < -0.39 is 18.0 Å². The quantitative estimate of drug-likeness (QED) is 0.740. The molecular weight excluding hydrogens is 232 g/mol. The lowest BCUT2D eigenvalue weighted by Gasteiger charge is -2.18. The van der Waals surface area contributed by atoms with E-state index in [0.29, 0.717) is 10.6 Å². The summed E-state index contributed by atoms with van der Waals surface area (Å²) in [6, 6.07) is 6.00. The zero-order chi connectivity index (χ0) is 12.1. The fourth-order valence-electron chi connectivity index (χ4n) is 1.10. The number of hydrogen-bond donors (Lipinski definition) is 0. The highest BCUT2D eigenvalue weighted by molar-refractivity contribution is 6.30. The number of benzene rings is 1. The van der Waals surface area contributed by atoms with Crippen LogP contribution in [0.15, 0.2) is 24.3 Å². The topological polar surface area (TPSA) is 66.4 Å². The standard InChI is InChI=1S/C11H11ClO4/c1-2-9(13)16-10(11(14)15)7-3-5-8(12)6-4-7/h3-6,10H,2H2,1H3,(H,14,15)/p-1/t10-/m1/s1. The van der Waals surface area contributed by atoms with Gasteiger partial charge in [0.15, 0.2) is 6.10 Å². The fourth-order valence-corrected chi connectivity index (χ4v) is 1.23. The molecule has 0 fully saturated rings. The van der Waals surface area contributed by atoms with Crippen LogP contribution in [0.2, 0.25) is 5.02 Å². The minimum Gasteiger partial charge on any atom is -0.546 e. The van der Waals surface area contributed by atoms with Gasteiger partial charge in [-0.3, -0.25) is 4.79 Å². The molecule has 1 aromatic carbocycles. The Morgan fingerprint density at radius 2 is 1.94 bits per heavy atom. The first-order valence-electron chi connectivity index (χ1n) is 4.70. The van der Waals surface area contributed by atoms with E-state index in [9.17, 15) is 14.7 Å². The second-order valence-corrected chi connectivity index (χ2v) is 3.53. The van der Waals surface area contributed by atoms with Gasteiger partial charge in [-0.15, -0.1) is 0 Å². The highest BCUT2D eigenvalue weighted by Gasteiger charge is 2.16. The first-order chi connectivity index (χ1) is 7.54. The molecule has 0 amide bonds. The molecule has 16 heavy (non-hydrogen) atoms. The molecule has 0 unspecified atom stereocenters. The monoisotopic (exact) mass is 241 g/mol. The van der Waals surface area contributed by atoms with Crippen LogP contribution in [0.1, 0.15) is 25.0 Å². The van der Waals surface area contributed by atoms with Crippen LogP contribution >= 0.6 is 11.6 Å². The van der Waals surface area contributed by atoms with Crippen molar-refractivity contribution < 1.29 is 19.4 Å². The van der Waals surface area contributed by atoms with Gasteiger partial charge in [0, 0.05) is 11.4 Å². The minimum absolute atomic E-state index is 0.109. The number of carboxylic acids is 1. The van der Waals surface area contributed by atoms with Crippen molar-refractivity contribution >= 4 is 23.5 Å². The smallest absolute Gasteiger partial charge is 0.306 e. The summed E-state index contributed by atoms with van der Waals surface area (Å²) in [6.07, 6.45) is -1.28. The number of carbonyl (C=O) groups is 2. The van der Waals surface area contributed by atoms with Crippen molar-refractivity contribution in [1.82, 2.24) is 0 Å². The molecule has 0 aliphatic carbocycles. The average molecular weight is 242 g/mol. The van der Waals surface area contributed by atoms with Crippen LogP contribution in [-0.4, -0.2) is 11.9 Å². The number of rotatable bonds is 4. The van der Waals surface area contributed by atoms with Crippen LogP contribution in [0.25, 0.3) is 0 Å². The Morgan fingerprint density at radius 1 is 1.38 bits per heavy atom. The van der Waals surface area contributed by atoms with Gasteiger partial charge in [0.1, 0.15) is 0 Å². The van der Waals surface area contributed by atoms with Crippen LogP contribution in [0.3, 0.4) is 0 Å². The number of aliphatic carboxylic acids is 1. The third-order valence-electron chi connectivity index (χ3n) is 1.92. The first kappa shape index (κ1) is 12.5. The summed E-state index contributed by atoms with van der Waals surface area (Å²) in [5.41, 5.74) is 0.325. The van der Waals surface area contributed by atoms with Gasteiger partial charge in [-0.25, -0.2) is 0 Å². The highest BCUT2D eigenvalue weighted by Crippen LogP contribution is 2.19. The zero-order valence-electron chi connectivity index (χ0n) is 8.60. The van der Waals surface area contributed by atoms with Crippen molar-refractivity contribution in [3.8, 4) is 0 Å². The SMILES string of the molecule is CCC(=O)O[C@@H](C(=O)[O-])c1ccc(Cl)cc1. The second kappa shape index (κ2) is 5.51. The molecule has 1 rings (SSSR count). The van der Waals surface area contributed by atoms with Crippen LogP contribution in [-0.2, 0) is 14.3 Å². The molecule has 86 valence electrons. The Labute approximate surface area is 97.8 Å². The van der Waals surface area contributed by atoms with E-state index in [2.05, 4.69) is 0 Å². The maximum Gasteiger partial charge on any atom is 0.306 e. The Bertz CT molecular complexity index is 385. The van der Waals surface area contributed by atoms with E-state index in [-0.39, 0.29) is 6.42 Å². The summed E-state index contributed by atoms with van der Waals surface area (Å²) in [5, 5.41) is 11.3. The second-order valence-electron chi connectivity index (χ2n) is 3.09. The lowest BCUT2D eigenvalue weighted by atomic mass is 10.1. The van der Waals surface area contributed by atoms with Gasteiger partial charge < -0.3 is 14.6 Å². The summed E-state index contributed by atoms with van der Waals surface area (Å²) < 4.78 is 4.74. The molecule has 0 radical (unpaired) electrons. The predicted molar refractivity (Wildman–Crippen MR) is 55.6 cm³/mol. The maximum atomic E-state index is 11.0. The highest BCUT2D eigenvalue weighted by atomic mass is 35.5. The maximum absolute atomic E-state index is 11.0. The number of halogens is 1. The molecule has 0 aromatic heterocycles. The average Bonchev–Trinajstić information content (AvgIpc) is 2.26. The van der Waals surface area contributed by atoms with Crippen LogP contribution in [0.5, 0.6) is 0 Å². The molecule has 0 saturated heterocycles. The van der Waals surface area contributed by atoms with Crippen molar-refractivity contribution in [3.63, 3.8) is 0 Å². The minimum atomic E-state index is -1.45. The van der Waals surface area contributed by atoms with Crippen molar-refractivity contribution in [2.24, 2.45) is 0 Å². The van der Waals surface area contributed by atoms with Gasteiger partial charge >= 0.3 is 5.97 Å². The summed E-state index contributed by atoms with van der Waals surface area (Å²) in [4.78, 5) is 21.8. The van der Waals surface area contributed by atoms with E-state index in [1.54, 1.807) is 6.92 Å². The van der Waals surface area contributed by atoms with E-state index in [4.69, 9.17) is 16.3 Å². The summed E-state index contributed by atoms with van der Waals surface area (Å²) in [6.45, 7) is 1.58. The van der Waals surface area contributed by atoms with Crippen molar-refractivity contribution in [2.75, 3.05) is 0 Å².